The summed E-state index contributed by atoms with van der Waals surface area (Å²) in [4.78, 5) is 10.9. The molecule has 0 saturated heterocycles. The van der Waals surface area contributed by atoms with E-state index >= 15 is 0 Å². The van der Waals surface area contributed by atoms with E-state index in [9.17, 15) is 0 Å². The smallest absolute Gasteiger partial charge is 0.0613 e. The van der Waals surface area contributed by atoms with Gasteiger partial charge in [0.05, 0.1) is 5.52 Å². The van der Waals surface area contributed by atoms with Crippen LogP contribution in [0.4, 0.5) is 0 Å². The van der Waals surface area contributed by atoms with Crippen LogP contribution in [0.3, 0.4) is 0 Å². The Hall–Kier alpha value is -3.76. The molecule has 0 amide bonds. The van der Waals surface area contributed by atoms with Crippen molar-refractivity contribution in [3.8, 4) is 27.9 Å². The third-order valence-corrected chi connectivity index (χ3v) is 6.69. The van der Waals surface area contributed by atoms with Gasteiger partial charge in [-0.05, 0) is 90.3 Å². The van der Waals surface area contributed by atoms with Gasteiger partial charge in [0, 0.05) is 66.6 Å². The molecule has 0 saturated carbocycles. The van der Waals surface area contributed by atoms with Crippen LogP contribution in [0, 0.1) is 6.92 Å². The largest absolute Gasteiger partial charge is 0.313 e. The van der Waals surface area contributed by atoms with E-state index in [1.54, 1.807) is 0 Å². The minimum atomic E-state index is 0.974. The molecule has 3 aromatic heterocycles. The summed E-state index contributed by atoms with van der Waals surface area (Å²) in [5.41, 5.74) is 11.5. The highest BCUT2D eigenvalue weighted by atomic mass is 15.1. The molecule has 1 aliphatic heterocycles. The van der Waals surface area contributed by atoms with Crippen molar-refractivity contribution in [2.75, 3.05) is 13.6 Å². The van der Waals surface area contributed by atoms with Crippen LogP contribution in [0.1, 0.15) is 16.8 Å². The number of aromatic nitrogens is 3. The number of aryl methyl sites for hydroxylation is 1. The molecule has 33 heavy (non-hydrogen) atoms. The molecule has 4 nitrogen and oxygen atoms in total. The van der Waals surface area contributed by atoms with Gasteiger partial charge in [-0.2, -0.15) is 0 Å². The number of likely N-dealkylation sites (N-methyl/N-ethyl adjacent to an activating group) is 1. The van der Waals surface area contributed by atoms with E-state index in [1.807, 2.05) is 24.8 Å². The van der Waals surface area contributed by atoms with E-state index in [1.165, 1.54) is 55.7 Å². The normalized spacial score (nSPS) is 13.9. The molecule has 0 radical (unpaired) electrons. The highest BCUT2D eigenvalue weighted by molar-refractivity contribution is 5.99. The van der Waals surface area contributed by atoms with Crippen molar-refractivity contribution >= 4 is 10.9 Å². The van der Waals surface area contributed by atoms with E-state index in [0.717, 1.165) is 19.5 Å². The van der Waals surface area contributed by atoms with Gasteiger partial charge in [-0.15, -0.1) is 0 Å². The summed E-state index contributed by atoms with van der Waals surface area (Å²) < 4.78 is 2.51. The first-order chi connectivity index (χ1) is 16.2. The minimum Gasteiger partial charge on any atom is -0.313 e. The van der Waals surface area contributed by atoms with Crippen LogP contribution in [0.2, 0.25) is 0 Å². The van der Waals surface area contributed by atoms with Gasteiger partial charge in [-0.3, -0.25) is 9.97 Å². The number of rotatable bonds is 3. The lowest BCUT2D eigenvalue weighted by molar-refractivity contribution is 0.311. The fourth-order valence-corrected chi connectivity index (χ4v) is 5.17. The molecule has 1 aliphatic rings. The van der Waals surface area contributed by atoms with E-state index in [4.69, 9.17) is 0 Å². The average Bonchev–Trinajstić information content (AvgIpc) is 3.18. The Balaban J connectivity index is 1.67. The standard InChI is InChI=1S/C29H26N4/c1-20-16-25(22-8-13-31-14-9-22)29-26(17-20)27-19-32(2)15-10-28(27)33(29)24-5-3-4-23(18-24)21-6-11-30-12-7-21/h3-9,11-14,16-18H,10,15,19H2,1-2H3. The van der Waals surface area contributed by atoms with Crippen molar-refractivity contribution in [3.05, 3.63) is 102 Å². The maximum atomic E-state index is 4.26. The molecule has 162 valence electrons. The monoisotopic (exact) mass is 430 g/mol. The molecular weight excluding hydrogens is 404 g/mol. The third-order valence-electron chi connectivity index (χ3n) is 6.69. The molecule has 0 unspecified atom stereocenters. The lowest BCUT2D eigenvalue weighted by Crippen LogP contribution is -2.27. The van der Waals surface area contributed by atoms with Crippen LogP contribution >= 0.6 is 0 Å². The minimum absolute atomic E-state index is 0.974. The fraction of sp³-hybridized carbons (Fsp3) is 0.172. The zero-order valence-corrected chi connectivity index (χ0v) is 19.0. The third kappa shape index (κ3) is 3.43. The van der Waals surface area contributed by atoms with Crippen LogP contribution in [0.5, 0.6) is 0 Å². The van der Waals surface area contributed by atoms with Crippen molar-refractivity contribution in [1.29, 1.82) is 0 Å². The first kappa shape index (κ1) is 19.9. The molecule has 0 fully saturated rings. The predicted molar refractivity (Wildman–Crippen MR) is 135 cm³/mol. The molecule has 4 heteroatoms. The summed E-state index contributed by atoms with van der Waals surface area (Å²) in [5, 5.41) is 1.36. The maximum Gasteiger partial charge on any atom is 0.0613 e. The summed E-state index contributed by atoms with van der Waals surface area (Å²) in [5.74, 6) is 0. The number of nitrogens with zero attached hydrogens (tertiary/aromatic N) is 4. The fourth-order valence-electron chi connectivity index (χ4n) is 5.17. The van der Waals surface area contributed by atoms with Crippen molar-refractivity contribution < 1.29 is 0 Å². The van der Waals surface area contributed by atoms with E-state index in [2.05, 4.69) is 94.1 Å². The Labute approximate surface area is 194 Å². The van der Waals surface area contributed by atoms with Gasteiger partial charge in [0.1, 0.15) is 0 Å². The quantitative estimate of drug-likeness (QED) is 0.349. The van der Waals surface area contributed by atoms with Crippen molar-refractivity contribution in [3.63, 3.8) is 0 Å². The van der Waals surface area contributed by atoms with Crippen molar-refractivity contribution in [2.45, 2.75) is 19.9 Å². The highest BCUT2D eigenvalue weighted by Crippen LogP contribution is 2.40. The van der Waals surface area contributed by atoms with Crippen molar-refractivity contribution in [2.24, 2.45) is 0 Å². The van der Waals surface area contributed by atoms with Crippen LogP contribution in [-0.4, -0.2) is 33.0 Å². The molecule has 0 aliphatic carbocycles. The Morgan fingerprint density at radius 3 is 2.27 bits per heavy atom. The Kier molecular flexibility index (Phi) is 4.81. The predicted octanol–water partition coefficient (Wildman–Crippen LogP) is 6.05. The molecule has 0 bridgehead atoms. The van der Waals surface area contributed by atoms with E-state index in [-0.39, 0.29) is 0 Å². The van der Waals surface area contributed by atoms with Crippen LogP contribution in [0.15, 0.2) is 85.5 Å². The van der Waals surface area contributed by atoms with E-state index in [0.29, 0.717) is 0 Å². The first-order valence-corrected chi connectivity index (χ1v) is 11.5. The molecular formula is C29H26N4. The zero-order chi connectivity index (χ0) is 22.4. The van der Waals surface area contributed by atoms with E-state index < -0.39 is 0 Å². The number of hydrogen-bond donors (Lipinski definition) is 0. The molecule has 4 heterocycles. The second-order valence-corrected chi connectivity index (χ2v) is 8.98. The molecule has 5 aromatic rings. The molecule has 0 N–H and O–H groups in total. The van der Waals surface area contributed by atoms with Crippen LogP contribution < -0.4 is 0 Å². The van der Waals surface area contributed by atoms with Gasteiger partial charge in [0.15, 0.2) is 0 Å². The van der Waals surface area contributed by atoms with Gasteiger partial charge in [0.25, 0.3) is 0 Å². The number of pyridine rings is 2. The lowest BCUT2D eigenvalue weighted by Gasteiger charge is -2.24. The summed E-state index contributed by atoms with van der Waals surface area (Å²) in [6, 6.07) is 21.9. The first-order valence-electron chi connectivity index (χ1n) is 11.5. The van der Waals surface area contributed by atoms with Gasteiger partial charge in [0.2, 0.25) is 0 Å². The molecule has 0 atom stereocenters. The molecule has 0 spiro atoms. The Morgan fingerprint density at radius 2 is 1.52 bits per heavy atom. The number of benzene rings is 2. The zero-order valence-electron chi connectivity index (χ0n) is 19.0. The second-order valence-electron chi connectivity index (χ2n) is 8.98. The number of hydrogen-bond acceptors (Lipinski definition) is 3. The topological polar surface area (TPSA) is 34.0 Å². The van der Waals surface area contributed by atoms with Crippen LogP contribution in [-0.2, 0) is 13.0 Å². The summed E-state index contributed by atoms with van der Waals surface area (Å²) in [7, 11) is 2.22. The van der Waals surface area contributed by atoms with Crippen LogP contribution in [0.25, 0.3) is 38.8 Å². The molecule has 6 rings (SSSR count). The van der Waals surface area contributed by atoms with Gasteiger partial charge in [-0.1, -0.05) is 12.1 Å². The highest BCUT2D eigenvalue weighted by Gasteiger charge is 2.25. The Bertz CT molecular complexity index is 1450. The van der Waals surface area contributed by atoms with Gasteiger partial charge in [-0.25, -0.2) is 0 Å². The summed E-state index contributed by atoms with van der Waals surface area (Å²) in [6.45, 7) is 4.24. The maximum absolute atomic E-state index is 4.26. The van der Waals surface area contributed by atoms with Crippen molar-refractivity contribution in [1.82, 2.24) is 19.4 Å². The van der Waals surface area contributed by atoms with Gasteiger partial charge < -0.3 is 9.47 Å². The summed E-state index contributed by atoms with van der Waals surface area (Å²) >= 11 is 0. The molecule has 2 aromatic carbocycles. The average molecular weight is 431 g/mol. The SMILES string of the molecule is Cc1cc(-c2ccncc2)c2c(c1)c1c(n2-c2cccc(-c3ccncc3)c2)CCN(C)C1. The van der Waals surface area contributed by atoms with Gasteiger partial charge >= 0.3 is 0 Å². The lowest BCUT2D eigenvalue weighted by atomic mass is 9.98. The Morgan fingerprint density at radius 1 is 0.788 bits per heavy atom. The number of fused-ring (bicyclic) bond motifs is 3. The summed E-state index contributed by atoms with van der Waals surface area (Å²) in [6.07, 6.45) is 8.52. The second kappa shape index (κ2) is 7.98.